The lowest BCUT2D eigenvalue weighted by molar-refractivity contribution is -0.128. The van der Waals surface area contributed by atoms with Crippen LogP contribution in [0.3, 0.4) is 0 Å². The highest BCUT2D eigenvalue weighted by molar-refractivity contribution is 9.09. The fraction of sp³-hybridized carbons (Fsp3) is 0.600. The normalized spacial score (nSPS) is 8.67. The van der Waals surface area contributed by atoms with Gasteiger partial charge in [-0.05, 0) is 0 Å². The third kappa shape index (κ3) is 5.49. The largest absolute Gasteiger partial charge is 0.297 e. The van der Waals surface area contributed by atoms with Crippen molar-refractivity contribution in [3.8, 4) is 0 Å². The molecule has 0 fully saturated rings. The molecule has 0 aromatic heterocycles. The summed E-state index contributed by atoms with van der Waals surface area (Å²) in [5.41, 5.74) is 0. The number of halogens is 1. The van der Waals surface area contributed by atoms with Crippen molar-refractivity contribution >= 4 is 27.7 Å². The number of hydrogen-bond donors (Lipinski definition) is 1. The van der Waals surface area contributed by atoms with E-state index in [1.165, 1.54) is 6.92 Å². The average Bonchev–Trinajstić information content (AvgIpc) is 1.63. The molecule has 2 amide bonds. The standard InChI is InChI=1S/C5H8BrNO2/c1-4(8)7-5(9)2-3-6/h2-3H2,1H3,(H,7,8,9). The molecule has 0 atom stereocenters. The second-order valence-corrected chi connectivity index (χ2v) is 2.34. The minimum atomic E-state index is -0.305. The zero-order valence-electron chi connectivity index (χ0n) is 5.11. The first-order valence-electron chi connectivity index (χ1n) is 2.53. The van der Waals surface area contributed by atoms with Crippen molar-refractivity contribution in [1.82, 2.24) is 5.32 Å². The number of nitrogens with one attached hydrogen (secondary N) is 1. The van der Waals surface area contributed by atoms with Crippen molar-refractivity contribution in [3.05, 3.63) is 0 Å². The number of rotatable bonds is 2. The van der Waals surface area contributed by atoms with Gasteiger partial charge in [-0.3, -0.25) is 14.9 Å². The average molecular weight is 194 g/mol. The van der Waals surface area contributed by atoms with E-state index in [2.05, 4.69) is 21.2 Å². The first-order valence-corrected chi connectivity index (χ1v) is 3.65. The van der Waals surface area contributed by atoms with Gasteiger partial charge in [-0.25, -0.2) is 0 Å². The van der Waals surface area contributed by atoms with Gasteiger partial charge in [-0.2, -0.15) is 0 Å². The van der Waals surface area contributed by atoms with Crippen LogP contribution in [0.4, 0.5) is 0 Å². The number of alkyl halides is 1. The van der Waals surface area contributed by atoms with Gasteiger partial charge < -0.3 is 0 Å². The maximum absolute atomic E-state index is 10.5. The molecule has 0 aliphatic heterocycles. The van der Waals surface area contributed by atoms with Crippen molar-refractivity contribution in [1.29, 1.82) is 0 Å². The third-order valence-electron chi connectivity index (χ3n) is 0.637. The lowest BCUT2D eigenvalue weighted by Crippen LogP contribution is -2.27. The molecule has 0 radical (unpaired) electrons. The Bertz CT molecular complexity index is 124. The Hall–Kier alpha value is -0.380. The van der Waals surface area contributed by atoms with E-state index < -0.39 is 0 Å². The van der Waals surface area contributed by atoms with Crippen molar-refractivity contribution in [2.75, 3.05) is 5.33 Å². The predicted molar refractivity (Wildman–Crippen MR) is 37.2 cm³/mol. The molecule has 0 aromatic rings. The molecular formula is C5H8BrNO2. The lowest BCUT2D eigenvalue weighted by atomic mass is 10.4. The Kier molecular flexibility index (Phi) is 4.30. The molecule has 1 N–H and O–H groups in total. The zero-order chi connectivity index (χ0) is 7.28. The monoisotopic (exact) mass is 193 g/mol. The topological polar surface area (TPSA) is 46.2 Å². The second kappa shape index (κ2) is 4.49. The van der Waals surface area contributed by atoms with E-state index in [-0.39, 0.29) is 11.8 Å². The number of carbonyl (C=O) groups excluding carboxylic acids is 2. The fourth-order valence-corrected chi connectivity index (χ4v) is 0.705. The molecule has 0 spiro atoms. The summed E-state index contributed by atoms with van der Waals surface area (Å²) in [6, 6.07) is 0. The molecule has 0 heterocycles. The molecule has 0 bridgehead atoms. The number of imide groups is 1. The Morgan fingerprint density at radius 1 is 1.56 bits per heavy atom. The van der Waals surface area contributed by atoms with Crippen LogP contribution in [-0.4, -0.2) is 17.1 Å². The molecule has 0 rings (SSSR count). The summed E-state index contributed by atoms with van der Waals surface area (Å²) in [5, 5.41) is 2.73. The van der Waals surface area contributed by atoms with Crippen LogP contribution in [0.5, 0.6) is 0 Å². The van der Waals surface area contributed by atoms with E-state index in [0.717, 1.165) is 0 Å². The fourth-order valence-electron chi connectivity index (χ4n) is 0.345. The summed E-state index contributed by atoms with van der Waals surface area (Å²) in [6.45, 7) is 1.31. The molecule has 4 heteroatoms. The van der Waals surface area contributed by atoms with Gasteiger partial charge in [-0.1, -0.05) is 15.9 Å². The second-order valence-electron chi connectivity index (χ2n) is 1.54. The smallest absolute Gasteiger partial charge is 0.227 e. The van der Waals surface area contributed by atoms with Gasteiger partial charge in [0.15, 0.2) is 0 Å². The molecule has 0 aliphatic rings. The Morgan fingerprint density at radius 3 is 2.44 bits per heavy atom. The maximum Gasteiger partial charge on any atom is 0.227 e. The minimum absolute atomic E-state index is 0.237. The van der Waals surface area contributed by atoms with Gasteiger partial charge in [0.2, 0.25) is 11.8 Å². The van der Waals surface area contributed by atoms with E-state index in [0.29, 0.717) is 11.8 Å². The molecule has 0 saturated heterocycles. The first-order chi connectivity index (χ1) is 4.16. The molecule has 52 valence electrons. The quantitative estimate of drug-likeness (QED) is 0.648. The summed E-state index contributed by atoms with van der Waals surface area (Å²) in [4.78, 5) is 20.7. The van der Waals surface area contributed by atoms with Gasteiger partial charge in [0.1, 0.15) is 0 Å². The predicted octanol–water partition coefficient (Wildman–Crippen LogP) is 0.434. The lowest BCUT2D eigenvalue weighted by Gasteiger charge is -1.95. The zero-order valence-corrected chi connectivity index (χ0v) is 6.69. The van der Waals surface area contributed by atoms with Crippen LogP contribution in [-0.2, 0) is 9.59 Å². The Labute approximate surface area is 61.9 Å². The molecule has 0 aromatic carbocycles. The molecular weight excluding hydrogens is 186 g/mol. The van der Waals surface area contributed by atoms with Crippen LogP contribution >= 0.6 is 15.9 Å². The Morgan fingerprint density at radius 2 is 2.11 bits per heavy atom. The van der Waals surface area contributed by atoms with Crippen LogP contribution < -0.4 is 5.32 Å². The van der Waals surface area contributed by atoms with E-state index in [1.807, 2.05) is 0 Å². The van der Waals surface area contributed by atoms with Gasteiger partial charge in [0.25, 0.3) is 0 Å². The number of carbonyl (C=O) groups is 2. The number of amides is 2. The molecule has 0 unspecified atom stereocenters. The molecule has 0 aliphatic carbocycles. The first kappa shape index (κ1) is 8.62. The van der Waals surface area contributed by atoms with Crippen molar-refractivity contribution < 1.29 is 9.59 Å². The highest BCUT2D eigenvalue weighted by Gasteiger charge is 1.99. The van der Waals surface area contributed by atoms with Gasteiger partial charge in [0, 0.05) is 18.7 Å². The highest BCUT2D eigenvalue weighted by atomic mass is 79.9. The summed E-state index contributed by atoms with van der Waals surface area (Å²) >= 11 is 3.07. The summed E-state index contributed by atoms with van der Waals surface area (Å²) in [6.07, 6.45) is 0.347. The SMILES string of the molecule is CC(=O)NC(=O)CCBr. The van der Waals surface area contributed by atoms with Crippen LogP contribution in [0.25, 0.3) is 0 Å². The van der Waals surface area contributed by atoms with Crippen LogP contribution in [0.1, 0.15) is 13.3 Å². The number of hydrogen-bond acceptors (Lipinski definition) is 2. The van der Waals surface area contributed by atoms with Gasteiger partial charge in [0.05, 0.1) is 0 Å². The van der Waals surface area contributed by atoms with E-state index in [9.17, 15) is 9.59 Å². The molecule has 9 heavy (non-hydrogen) atoms. The summed E-state index contributed by atoms with van der Waals surface area (Å²) < 4.78 is 0. The van der Waals surface area contributed by atoms with Gasteiger partial charge in [-0.15, -0.1) is 0 Å². The maximum atomic E-state index is 10.5. The van der Waals surface area contributed by atoms with E-state index >= 15 is 0 Å². The van der Waals surface area contributed by atoms with E-state index in [1.54, 1.807) is 0 Å². The third-order valence-corrected chi connectivity index (χ3v) is 1.03. The van der Waals surface area contributed by atoms with Crippen molar-refractivity contribution in [3.63, 3.8) is 0 Å². The molecule has 3 nitrogen and oxygen atoms in total. The van der Waals surface area contributed by atoms with E-state index in [4.69, 9.17) is 0 Å². The van der Waals surface area contributed by atoms with Crippen LogP contribution in [0.15, 0.2) is 0 Å². The Balaban J connectivity index is 3.39. The molecule has 0 saturated carbocycles. The summed E-state index contributed by atoms with van der Waals surface area (Å²) in [5.74, 6) is -0.541. The van der Waals surface area contributed by atoms with Crippen LogP contribution in [0.2, 0.25) is 0 Å². The summed E-state index contributed by atoms with van der Waals surface area (Å²) in [7, 11) is 0. The minimum Gasteiger partial charge on any atom is -0.297 e. The van der Waals surface area contributed by atoms with Gasteiger partial charge >= 0.3 is 0 Å². The van der Waals surface area contributed by atoms with Crippen molar-refractivity contribution in [2.24, 2.45) is 0 Å². The van der Waals surface area contributed by atoms with Crippen molar-refractivity contribution in [2.45, 2.75) is 13.3 Å². The highest BCUT2D eigenvalue weighted by Crippen LogP contribution is 1.85. The van der Waals surface area contributed by atoms with Crippen LogP contribution in [0, 0.1) is 0 Å².